The van der Waals surface area contributed by atoms with Crippen LogP contribution in [-0.4, -0.2) is 47.3 Å². The van der Waals surface area contributed by atoms with Crippen LogP contribution in [0.5, 0.6) is 0 Å². The lowest BCUT2D eigenvalue weighted by Crippen LogP contribution is -2.36. The smallest absolute Gasteiger partial charge is 0.335 e. The second kappa shape index (κ2) is 8.19. The molecule has 4 rings (SSSR count). The van der Waals surface area contributed by atoms with E-state index in [2.05, 4.69) is 10.3 Å². The second-order valence-electron chi connectivity index (χ2n) is 7.06. The van der Waals surface area contributed by atoms with E-state index in [9.17, 15) is 18.7 Å². The van der Waals surface area contributed by atoms with Crippen LogP contribution in [0.4, 0.5) is 20.3 Å². The van der Waals surface area contributed by atoms with Crippen molar-refractivity contribution in [1.29, 1.82) is 0 Å². The van der Waals surface area contributed by atoms with Crippen LogP contribution < -0.4 is 10.2 Å². The number of aromatic carboxylic acids is 1. The second-order valence-corrected chi connectivity index (χ2v) is 7.06. The number of nitrogens with zero attached hydrogens (tertiary/aromatic N) is 3. The monoisotopic (exact) mass is 414 g/mol. The molecule has 1 unspecified atom stereocenters. The third-order valence-corrected chi connectivity index (χ3v) is 5.01. The van der Waals surface area contributed by atoms with Gasteiger partial charge < -0.3 is 20.1 Å². The molecule has 0 bridgehead atoms. The van der Waals surface area contributed by atoms with Crippen molar-refractivity contribution in [3.63, 3.8) is 0 Å². The minimum atomic E-state index is -1.11. The summed E-state index contributed by atoms with van der Waals surface area (Å²) in [6.07, 6.45) is 1.60. The molecule has 1 atom stereocenters. The Labute approximate surface area is 171 Å². The molecule has 9 heteroatoms. The lowest BCUT2D eigenvalue weighted by molar-refractivity contribution is 0.0697. The number of rotatable bonds is 5. The minimum Gasteiger partial charge on any atom is -0.478 e. The normalized spacial score (nSPS) is 15.2. The van der Waals surface area contributed by atoms with Crippen molar-refractivity contribution in [3.05, 3.63) is 59.3 Å². The molecule has 0 spiro atoms. The summed E-state index contributed by atoms with van der Waals surface area (Å²) in [4.78, 5) is 22.7. The van der Waals surface area contributed by atoms with Crippen molar-refractivity contribution < 1.29 is 23.4 Å². The fourth-order valence-corrected chi connectivity index (χ4v) is 3.45. The minimum absolute atomic E-state index is 0.0197. The lowest BCUT2D eigenvalue weighted by Gasteiger charge is -2.28. The first-order valence-corrected chi connectivity index (χ1v) is 9.50. The number of nitrogens with one attached hydrogen (secondary N) is 1. The average Bonchev–Trinajstić information content (AvgIpc) is 2.75. The molecular formula is C21H20F2N4O3. The summed E-state index contributed by atoms with van der Waals surface area (Å²) in [5, 5.41) is 12.4. The molecule has 30 heavy (non-hydrogen) atoms. The number of morpholine rings is 1. The van der Waals surface area contributed by atoms with Crippen LogP contribution in [0.2, 0.25) is 0 Å². The predicted molar refractivity (Wildman–Crippen MR) is 108 cm³/mol. The van der Waals surface area contributed by atoms with Gasteiger partial charge in [0.05, 0.1) is 47.7 Å². The zero-order valence-electron chi connectivity index (χ0n) is 16.2. The van der Waals surface area contributed by atoms with Gasteiger partial charge in [0.2, 0.25) is 0 Å². The Kier molecular flexibility index (Phi) is 5.45. The first-order valence-electron chi connectivity index (χ1n) is 9.50. The Morgan fingerprint density at radius 1 is 1.23 bits per heavy atom. The van der Waals surface area contributed by atoms with E-state index < -0.39 is 23.6 Å². The van der Waals surface area contributed by atoms with Gasteiger partial charge in [-0.2, -0.15) is 0 Å². The van der Waals surface area contributed by atoms with Crippen molar-refractivity contribution in [3.8, 4) is 0 Å². The summed E-state index contributed by atoms with van der Waals surface area (Å²) in [5.74, 6) is -1.65. The number of hydrogen-bond donors (Lipinski definition) is 2. The Morgan fingerprint density at radius 3 is 2.73 bits per heavy atom. The summed E-state index contributed by atoms with van der Waals surface area (Å²) >= 11 is 0. The van der Waals surface area contributed by atoms with E-state index in [0.29, 0.717) is 48.7 Å². The van der Waals surface area contributed by atoms with Crippen molar-refractivity contribution in [2.45, 2.75) is 13.0 Å². The molecule has 1 aliphatic rings. The quantitative estimate of drug-likeness (QED) is 0.659. The average molecular weight is 414 g/mol. The van der Waals surface area contributed by atoms with Gasteiger partial charge in [0.25, 0.3) is 0 Å². The molecule has 0 saturated carbocycles. The highest BCUT2D eigenvalue weighted by Crippen LogP contribution is 2.29. The molecule has 7 nitrogen and oxygen atoms in total. The number of halogens is 2. The highest BCUT2D eigenvalue weighted by atomic mass is 19.1. The van der Waals surface area contributed by atoms with E-state index in [4.69, 9.17) is 9.72 Å². The fourth-order valence-electron chi connectivity index (χ4n) is 3.45. The summed E-state index contributed by atoms with van der Waals surface area (Å²) in [6, 6.07) is 5.50. The summed E-state index contributed by atoms with van der Waals surface area (Å²) < 4.78 is 33.0. The van der Waals surface area contributed by atoms with Crippen LogP contribution in [0.25, 0.3) is 11.0 Å². The van der Waals surface area contributed by atoms with Gasteiger partial charge in [0, 0.05) is 18.7 Å². The number of hydrogen-bond acceptors (Lipinski definition) is 6. The number of fused-ring (bicyclic) bond motifs is 1. The molecule has 1 aromatic heterocycles. The number of carboxylic acid groups (broad SMARTS) is 1. The SMILES string of the molecule is CC(Nc1cc(F)ccc1F)c1cc(C(=O)O)cc2ncc(N3CCOCC3)nc12. The first kappa shape index (κ1) is 20.0. The molecule has 1 saturated heterocycles. The van der Waals surface area contributed by atoms with E-state index in [1.54, 1.807) is 13.1 Å². The van der Waals surface area contributed by atoms with Gasteiger partial charge in [-0.1, -0.05) is 0 Å². The number of anilines is 2. The molecule has 2 N–H and O–H groups in total. The summed E-state index contributed by atoms with van der Waals surface area (Å²) in [7, 11) is 0. The van der Waals surface area contributed by atoms with Gasteiger partial charge >= 0.3 is 5.97 Å². The largest absolute Gasteiger partial charge is 0.478 e. The standard InChI is InChI=1S/C21H20F2N4O3/c1-12(25-17-10-14(22)2-3-16(17)23)15-8-13(21(28)29)9-18-20(15)26-19(11-24-18)27-4-6-30-7-5-27/h2-3,8-12,25H,4-7H2,1H3,(H,28,29). The van der Waals surface area contributed by atoms with E-state index in [-0.39, 0.29) is 11.3 Å². The highest BCUT2D eigenvalue weighted by Gasteiger charge is 2.20. The van der Waals surface area contributed by atoms with Gasteiger partial charge in [-0.15, -0.1) is 0 Å². The van der Waals surface area contributed by atoms with Crippen LogP contribution in [-0.2, 0) is 4.74 Å². The van der Waals surface area contributed by atoms with Gasteiger partial charge in [-0.05, 0) is 37.3 Å². The summed E-state index contributed by atoms with van der Waals surface area (Å²) in [5.41, 5.74) is 1.46. The summed E-state index contributed by atoms with van der Waals surface area (Å²) in [6.45, 7) is 4.24. The van der Waals surface area contributed by atoms with Crippen molar-refractivity contribution >= 4 is 28.5 Å². The van der Waals surface area contributed by atoms with Gasteiger partial charge in [0.15, 0.2) is 0 Å². The van der Waals surface area contributed by atoms with Gasteiger partial charge in [-0.25, -0.2) is 18.6 Å². The maximum Gasteiger partial charge on any atom is 0.335 e. The Balaban J connectivity index is 1.78. The Hall–Kier alpha value is -3.33. The molecule has 156 valence electrons. The third kappa shape index (κ3) is 4.02. The molecule has 1 fully saturated rings. The first-order chi connectivity index (χ1) is 14.4. The van der Waals surface area contributed by atoms with Crippen LogP contribution in [0.15, 0.2) is 36.5 Å². The highest BCUT2D eigenvalue weighted by molar-refractivity contribution is 5.94. The zero-order chi connectivity index (χ0) is 21.3. The maximum absolute atomic E-state index is 14.1. The van der Waals surface area contributed by atoms with E-state index in [1.807, 2.05) is 4.90 Å². The molecule has 0 amide bonds. The van der Waals surface area contributed by atoms with Gasteiger partial charge in [0.1, 0.15) is 17.5 Å². The van der Waals surface area contributed by atoms with Gasteiger partial charge in [-0.3, -0.25) is 4.98 Å². The molecule has 1 aliphatic heterocycles. The third-order valence-electron chi connectivity index (χ3n) is 5.01. The molecular weight excluding hydrogens is 394 g/mol. The molecule has 2 heterocycles. The van der Waals surface area contributed by atoms with Crippen molar-refractivity contribution in [2.24, 2.45) is 0 Å². The van der Waals surface area contributed by atoms with Crippen molar-refractivity contribution in [1.82, 2.24) is 9.97 Å². The van der Waals surface area contributed by atoms with Crippen LogP contribution in [0.3, 0.4) is 0 Å². The maximum atomic E-state index is 14.1. The molecule has 2 aromatic carbocycles. The van der Waals surface area contributed by atoms with Crippen LogP contribution >= 0.6 is 0 Å². The van der Waals surface area contributed by atoms with Crippen molar-refractivity contribution in [2.75, 3.05) is 36.5 Å². The molecule has 0 radical (unpaired) electrons. The fraction of sp³-hybridized carbons (Fsp3) is 0.286. The predicted octanol–water partition coefficient (Wildman–Crippen LogP) is 3.62. The van der Waals surface area contributed by atoms with Crippen LogP contribution in [0.1, 0.15) is 28.9 Å². The molecule has 3 aromatic rings. The number of carboxylic acids is 1. The molecule has 0 aliphatic carbocycles. The lowest BCUT2D eigenvalue weighted by atomic mass is 10.0. The Bertz CT molecular complexity index is 1100. The number of aromatic nitrogens is 2. The van der Waals surface area contributed by atoms with Crippen LogP contribution in [0, 0.1) is 11.6 Å². The Morgan fingerprint density at radius 2 is 2.00 bits per heavy atom. The number of ether oxygens (including phenoxy) is 1. The van der Waals surface area contributed by atoms with E-state index in [1.165, 1.54) is 12.1 Å². The van der Waals surface area contributed by atoms with E-state index in [0.717, 1.165) is 18.2 Å². The van der Waals surface area contributed by atoms with E-state index >= 15 is 0 Å². The topological polar surface area (TPSA) is 87.6 Å². The number of benzene rings is 2. The zero-order valence-corrected chi connectivity index (χ0v) is 16.2. The number of carbonyl (C=O) groups is 1.